The first-order valence-corrected chi connectivity index (χ1v) is 5.15. The van der Waals surface area contributed by atoms with Crippen molar-refractivity contribution in [1.29, 1.82) is 0 Å². The molecule has 3 nitrogen and oxygen atoms in total. The Bertz CT molecular complexity index is 409. The summed E-state index contributed by atoms with van der Waals surface area (Å²) in [6, 6.07) is 1.54. The maximum Gasteiger partial charge on any atom is 0.416 e. The summed E-state index contributed by atoms with van der Waals surface area (Å²) in [5, 5.41) is 3.29. The van der Waals surface area contributed by atoms with Gasteiger partial charge in [-0.25, -0.2) is 0 Å². The van der Waals surface area contributed by atoms with E-state index in [2.05, 4.69) is 10.5 Å². The fraction of sp³-hybridized carbons (Fsp3) is 0.222. The normalized spacial score (nSPS) is 12.1. The first kappa shape index (κ1) is 14.1. The van der Waals surface area contributed by atoms with Crippen LogP contribution in [0.5, 0.6) is 0 Å². The van der Waals surface area contributed by atoms with Gasteiger partial charge in [0.15, 0.2) is 0 Å². The minimum absolute atomic E-state index is 0.103. The number of hydrogen-bond acceptors (Lipinski definition) is 3. The standard InChI is InChI=1S/C9H8Cl2F3N3/c10-6-3-5(9(12,13)14)4-7(11)8(6)17-16-2-1-15/h2-4,17H,1,15H2/b16-2+. The van der Waals surface area contributed by atoms with Gasteiger partial charge in [-0.15, -0.1) is 0 Å². The highest BCUT2D eigenvalue weighted by atomic mass is 35.5. The van der Waals surface area contributed by atoms with E-state index in [0.29, 0.717) is 0 Å². The number of hydrogen-bond donors (Lipinski definition) is 2. The van der Waals surface area contributed by atoms with E-state index in [4.69, 9.17) is 28.9 Å². The van der Waals surface area contributed by atoms with Crippen LogP contribution in [0.15, 0.2) is 17.2 Å². The van der Waals surface area contributed by atoms with Crippen LogP contribution in [-0.4, -0.2) is 12.8 Å². The topological polar surface area (TPSA) is 50.4 Å². The van der Waals surface area contributed by atoms with Gasteiger partial charge < -0.3 is 5.73 Å². The smallest absolute Gasteiger partial charge is 0.326 e. The van der Waals surface area contributed by atoms with E-state index in [9.17, 15) is 13.2 Å². The lowest BCUT2D eigenvalue weighted by Gasteiger charge is -2.11. The Hall–Kier alpha value is -0.980. The van der Waals surface area contributed by atoms with Crippen LogP contribution in [-0.2, 0) is 6.18 Å². The van der Waals surface area contributed by atoms with Crippen molar-refractivity contribution in [2.75, 3.05) is 12.0 Å². The molecule has 0 amide bonds. The molecule has 1 aromatic rings. The van der Waals surface area contributed by atoms with Crippen LogP contribution in [0.25, 0.3) is 0 Å². The Morgan fingerprint density at radius 3 is 2.24 bits per heavy atom. The minimum Gasteiger partial charge on any atom is -0.326 e. The molecule has 1 rings (SSSR count). The van der Waals surface area contributed by atoms with Crippen molar-refractivity contribution in [3.63, 3.8) is 0 Å². The van der Waals surface area contributed by atoms with Gasteiger partial charge >= 0.3 is 6.18 Å². The molecule has 0 radical (unpaired) electrons. The first-order valence-electron chi connectivity index (χ1n) is 4.40. The summed E-state index contributed by atoms with van der Waals surface area (Å²) < 4.78 is 37.2. The molecule has 0 saturated carbocycles. The van der Waals surface area contributed by atoms with Crippen molar-refractivity contribution >= 4 is 35.1 Å². The molecule has 17 heavy (non-hydrogen) atoms. The molecule has 0 aliphatic heterocycles. The number of alkyl halides is 3. The van der Waals surface area contributed by atoms with Gasteiger partial charge in [-0.3, -0.25) is 5.43 Å². The van der Waals surface area contributed by atoms with Crippen molar-refractivity contribution in [2.24, 2.45) is 10.8 Å². The Kier molecular flexibility index (Phi) is 4.62. The second-order valence-corrected chi connectivity index (χ2v) is 3.79. The van der Waals surface area contributed by atoms with Crippen molar-refractivity contribution in [1.82, 2.24) is 0 Å². The number of anilines is 1. The molecule has 8 heteroatoms. The van der Waals surface area contributed by atoms with Gasteiger partial charge in [0.1, 0.15) is 0 Å². The number of nitrogens with two attached hydrogens (primary N) is 1. The molecule has 1 aromatic carbocycles. The second-order valence-electron chi connectivity index (χ2n) is 2.97. The molecule has 0 aliphatic rings. The minimum atomic E-state index is -4.49. The van der Waals surface area contributed by atoms with Crippen molar-refractivity contribution in [2.45, 2.75) is 6.18 Å². The van der Waals surface area contributed by atoms with Crippen LogP contribution >= 0.6 is 23.2 Å². The molecule has 0 aromatic heterocycles. The maximum atomic E-state index is 12.4. The summed E-state index contributed by atoms with van der Waals surface area (Å²) in [6.45, 7) is 0.183. The third-order valence-corrected chi connectivity index (χ3v) is 2.34. The lowest BCUT2D eigenvalue weighted by atomic mass is 10.2. The van der Waals surface area contributed by atoms with Gasteiger partial charge in [0.05, 0.1) is 21.3 Å². The molecule has 0 spiro atoms. The third kappa shape index (κ3) is 3.76. The fourth-order valence-corrected chi connectivity index (χ4v) is 1.58. The lowest BCUT2D eigenvalue weighted by Crippen LogP contribution is -2.06. The number of nitrogens with zero attached hydrogens (tertiary/aromatic N) is 1. The second kappa shape index (κ2) is 5.57. The number of halogens is 5. The summed E-state index contributed by atoms with van der Waals surface area (Å²) in [4.78, 5) is 0. The molecule has 0 unspecified atom stereocenters. The number of nitrogens with one attached hydrogen (secondary N) is 1. The van der Waals surface area contributed by atoms with E-state index in [1.165, 1.54) is 6.21 Å². The van der Waals surface area contributed by atoms with E-state index in [1.54, 1.807) is 0 Å². The molecule has 0 heterocycles. The monoisotopic (exact) mass is 285 g/mol. The largest absolute Gasteiger partial charge is 0.416 e. The Morgan fingerprint density at radius 2 is 1.82 bits per heavy atom. The van der Waals surface area contributed by atoms with Gasteiger partial charge in [0, 0.05) is 12.8 Å². The highest BCUT2D eigenvalue weighted by Gasteiger charge is 2.31. The zero-order valence-corrected chi connectivity index (χ0v) is 9.87. The van der Waals surface area contributed by atoms with Gasteiger partial charge in [0.25, 0.3) is 0 Å². The number of benzene rings is 1. The lowest BCUT2D eigenvalue weighted by molar-refractivity contribution is -0.137. The molecule has 3 N–H and O–H groups in total. The molecular weight excluding hydrogens is 278 g/mol. The quantitative estimate of drug-likeness (QED) is 0.661. The predicted octanol–water partition coefficient (Wildman–Crippen LogP) is 3.37. The van der Waals surface area contributed by atoms with Crippen LogP contribution in [0.4, 0.5) is 18.9 Å². The van der Waals surface area contributed by atoms with Crippen LogP contribution < -0.4 is 11.2 Å². The van der Waals surface area contributed by atoms with Crippen LogP contribution in [0, 0.1) is 0 Å². The van der Waals surface area contributed by atoms with Gasteiger partial charge in [-0.2, -0.15) is 18.3 Å². The van der Waals surface area contributed by atoms with E-state index >= 15 is 0 Å². The van der Waals surface area contributed by atoms with Crippen LogP contribution in [0.2, 0.25) is 10.0 Å². The zero-order valence-electron chi connectivity index (χ0n) is 8.35. The molecular formula is C9H8Cl2F3N3. The summed E-state index contributed by atoms with van der Waals surface area (Å²) in [7, 11) is 0. The van der Waals surface area contributed by atoms with Gasteiger partial charge in [-0.05, 0) is 12.1 Å². The summed E-state index contributed by atoms with van der Waals surface area (Å²) >= 11 is 11.3. The Balaban J connectivity index is 3.07. The summed E-state index contributed by atoms with van der Waals surface area (Å²) in [5.41, 5.74) is 6.75. The van der Waals surface area contributed by atoms with Crippen molar-refractivity contribution < 1.29 is 13.2 Å². The molecule has 0 atom stereocenters. The Labute approximate surface area is 105 Å². The third-order valence-electron chi connectivity index (χ3n) is 1.74. The predicted molar refractivity (Wildman–Crippen MR) is 62.6 cm³/mol. The van der Waals surface area contributed by atoms with Crippen molar-refractivity contribution in [3.8, 4) is 0 Å². The van der Waals surface area contributed by atoms with Crippen LogP contribution in [0.3, 0.4) is 0 Å². The average molecular weight is 286 g/mol. The molecule has 0 fully saturated rings. The van der Waals surface area contributed by atoms with E-state index in [0.717, 1.165) is 12.1 Å². The fourth-order valence-electron chi connectivity index (χ4n) is 1.01. The summed E-state index contributed by atoms with van der Waals surface area (Å²) in [5.74, 6) is 0. The Morgan fingerprint density at radius 1 is 1.29 bits per heavy atom. The van der Waals surface area contributed by atoms with Crippen molar-refractivity contribution in [3.05, 3.63) is 27.7 Å². The highest BCUT2D eigenvalue weighted by Crippen LogP contribution is 2.38. The molecule has 0 bridgehead atoms. The first-order chi connectivity index (χ1) is 7.86. The van der Waals surface area contributed by atoms with Crippen LogP contribution in [0.1, 0.15) is 5.56 Å². The van der Waals surface area contributed by atoms with E-state index in [1.807, 2.05) is 0 Å². The van der Waals surface area contributed by atoms with E-state index < -0.39 is 11.7 Å². The summed E-state index contributed by atoms with van der Waals surface area (Å²) in [6.07, 6.45) is -3.17. The van der Waals surface area contributed by atoms with Gasteiger partial charge in [0.2, 0.25) is 0 Å². The highest BCUT2D eigenvalue weighted by molar-refractivity contribution is 6.39. The SMILES string of the molecule is NC/C=N/Nc1c(Cl)cc(C(F)(F)F)cc1Cl. The molecule has 0 aliphatic carbocycles. The molecule has 94 valence electrons. The average Bonchev–Trinajstić information content (AvgIpc) is 2.20. The number of hydrazone groups is 1. The maximum absolute atomic E-state index is 12.4. The molecule has 0 saturated heterocycles. The zero-order chi connectivity index (χ0) is 13.1. The van der Waals surface area contributed by atoms with E-state index in [-0.39, 0.29) is 22.3 Å². The number of rotatable bonds is 3. The van der Waals surface area contributed by atoms with Gasteiger partial charge in [-0.1, -0.05) is 23.2 Å².